The molecule has 148 valence electrons. The normalized spacial score (nSPS) is 44.3. The summed E-state index contributed by atoms with van der Waals surface area (Å²) in [7, 11) is 2.16. The number of nitrogens with zero attached hydrogens (tertiary/aromatic N) is 2. The Hall–Kier alpha value is -0.300. The number of hydrogen-bond donors (Lipinski definition) is 2. The SMILES string of the molecule is CC1CC(C)N(CC2CCCC(NC(=O)C3CC4SCCC4N3C)C2)N1. The second-order valence-corrected chi connectivity index (χ2v) is 10.5. The summed E-state index contributed by atoms with van der Waals surface area (Å²) in [5.74, 6) is 2.25. The summed E-state index contributed by atoms with van der Waals surface area (Å²) in [6.45, 7) is 5.72. The highest BCUT2D eigenvalue weighted by Gasteiger charge is 2.45. The summed E-state index contributed by atoms with van der Waals surface area (Å²) < 4.78 is 0. The summed E-state index contributed by atoms with van der Waals surface area (Å²) in [5.41, 5.74) is 3.62. The van der Waals surface area contributed by atoms with E-state index < -0.39 is 0 Å². The Kier molecular flexibility index (Phi) is 5.84. The van der Waals surface area contributed by atoms with Crippen molar-refractivity contribution in [1.82, 2.24) is 20.7 Å². The molecule has 0 bridgehead atoms. The summed E-state index contributed by atoms with van der Waals surface area (Å²) in [5, 5.41) is 6.55. The van der Waals surface area contributed by atoms with Crippen molar-refractivity contribution >= 4 is 17.7 Å². The first-order valence-corrected chi connectivity index (χ1v) is 11.7. The number of amides is 1. The smallest absolute Gasteiger partial charge is 0.237 e. The van der Waals surface area contributed by atoms with Crippen molar-refractivity contribution in [3.8, 4) is 0 Å². The van der Waals surface area contributed by atoms with E-state index in [4.69, 9.17) is 0 Å². The van der Waals surface area contributed by atoms with Gasteiger partial charge in [-0.2, -0.15) is 11.8 Å². The van der Waals surface area contributed by atoms with Crippen LogP contribution in [0.2, 0.25) is 0 Å². The van der Waals surface area contributed by atoms with Crippen molar-refractivity contribution in [3.63, 3.8) is 0 Å². The van der Waals surface area contributed by atoms with Gasteiger partial charge >= 0.3 is 0 Å². The molecule has 4 rings (SSSR count). The van der Waals surface area contributed by atoms with Crippen LogP contribution in [0.3, 0.4) is 0 Å². The van der Waals surface area contributed by atoms with Crippen molar-refractivity contribution in [1.29, 1.82) is 0 Å². The Morgan fingerprint density at radius 2 is 2.04 bits per heavy atom. The second kappa shape index (κ2) is 7.98. The maximum atomic E-state index is 12.9. The molecule has 3 saturated heterocycles. The maximum Gasteiger partial charge on any atom is 0.237 e. The van der Waals surface area contributed by atoms with E-state index >= 15 is 0 Å². The van der Waals surface area contributed by atoms with E-state index in [1.165, 1.54) is 31.4 Å². The topological polar surface area (TPSA) is 47.6 Å². The minimum atomic E-state index is 0.0966. The molecule has 3 heterocycles. The van der Waals surface area contributed by atoms with E-state index in [0.29, 0.717) is 35.3 Å². The predicted molar refractivity (Wildman–Crippen MR) is 108 cm³/mol. The van der Waals surface area contributed by atoms with E-state index in [0.717, 1.165) is 25.8 Å². The maximum absolute atomic E-state index is 12.9. The molecule has 4 fully saturated rings. The van der Waals surface area contributed by atoms with Gasteiger partial charge in [-0.25, -0.2) is 5.01 Å². The molecule has 1 aliphatic carbocycles. The third kappa shape index (κ3) is 3.94. The predicted octanol–water partition coefficient (Wildman–Crippen LogP) is 2.23. The lowest BCUT2D eigenvalue weighted by Crippen LogP contribution is -2.49. The first-order chi connectivity index (χ1) is 12.5. The van der Waals surface area contributed by atoms with Crippen molar-refractivity contribution in [2.75, 3.05) is 19.3 Å². The van der Waals surface area contributed by atoms with Gasteiger partial charge in [0, 0.05) is 36.0 Å². The Bertz CT molecular complexity index is 518. The number of nitrogens with one attached hydrogen (secondary N) is 2. The van der Waals surface area contributed by atoms with E-state index in [1.807, 2.05) is 0 Å². The van der Waals surface area contributed by atoms with E-state index in [2.05, 4.69) is 53.3 Å². The van der Waals surface area contributed by atoms with Gasteiger partial charge in [0.05, 0.1) is 6.04 Å². The molecule has 0 aromatic rings. The monoisotopic (exact) mass is 380 g/mol. The van der Waals surface area contributed by atoms with E-state index in [1.54, 1.807) is 0 Å². The molecule has 1 saturated carbocycles. The lowest BCUT2D eigenvalue weighted by atomic mass is 9.85. The number of hydrazine groups is 1. The quantitative estimate of drug-likeness (QED) is 0.783. The highest BCUT2D eigenvalue weighted by molar-refractivity contribution is 8.00. The Labute approximate surface area is 163 Å². The molecule has 0 radical (unpaired) electrons. The van der Waals surface area contributed by atoms with Crippen LogP contribution >= 0.6 is 11.8 Å². The summed E-state index contributed by atoms with van der Waals surface area (Å²) >= 11 is 2.07. The standard InChI is InChI=1S/C20H36N4OS/c1-13-9-14(2)24(22-13)12-15-5-4-6-16(10-15)21-20(25)18-11-19-17(23(18)3)7-8-26-19/h13-19,22H,4-12H2,1-3H3,(H,21,25). The Morgan fingerprint density at radius 1 is 1.19 bits per heavy atom. The molecular weight excluding hydrogens is 344 g/mol. The number of thioether (sulfide) groups is 1. The lowest BCUT2D eigenvalue weighted by Gasteiger charge is -2.34. The molecule has 26 heavy (non-hydrogen) atoms. The number of likely N-dealkylation sites (N-methyl/N-ethyl adjacent to an activating group) is 1. The highest BCUT2D eigenvalue weighted by Crippen LogP contribution is 2.40. The first-order valence-electron chi connectivity index (χ1n) is 10.7. The van der Waals surface area contributed by atoms with Crippen molar-refractivity contribution in [2.24, 2.45) is 5.92 Å². The average Bonchev–Trinajstić information content (AvgIpc) is 3.25. The minimum absolute atomic E-state index is 0.0966. The van der Waals surface area contributed by atoms with Gasteiger partial charge in [0.2, 0.25) is 5.91 Å². The number of rotatable bonds is 4. The van der Waals surface area contributed by atoms with Gasteiger partial charge < -0.3 is 5.32 Å². The van der Waals surface area contributed by atoms with E-state index in [-0.39, 0.29) is 11.9 Å². The summed E-state index contributed by atoms with van der Waals surface area (Å²) in [6, 6.07) is 2.32. The van der Waals surface area contributed by atoms with Gasteiger partial charge in [-0.1, -0.05) is 6.42 Å². The third-order valence-electron chi connectivity index (χ3n) is 7.14. The number of carbonyl (C=O) groups excluding carboxylic acids is 1. The van der Waals surface area contributed by atoms with Crippen LogP contribution < -0.4 is 10.7 Å². The Morgan fingerprint density at radius 3 is 2.77 bits per heavy atom. The van der Waals surface area contributed by atoms with Crippen LogP contribution in [0.15, 0.2) is 0 Å². The molecule has 1 amide bonds. The zero-order valence-corrected chi connectivity index (χ0v) is 17.4. The zero-order chi connectivity index (χ0) is 18.3. The molecule has 0 aromatic carbocycles. The molecule has 0 aromatic heterocycles. The Balaban J connectivity index is 1.27. The van der Waals surface area contributed by atoms with Gasteiger partial charge in [0.15, 0.2) is 0 Å². The number of carbonyl (C=O) groups is 1. The van der Waals surface area contributed by atoms with Gasteiger partial charge in [-0.05, 0) is 71.1 Å². The van der Waals surface area contributed by atoms with Crippen LogP contribution in [-0.4, -0.2) is 70.6 Å². The molecule has 0 spiro atoms. The molecule has 4 aliphatic rings. The molecule has 7 unspecified atom stereocenters. The second-order valence-electron chi connectivity index (χ2n) is 9.19. The number of fused-ring (bicyclic) bond motifs is 1. The van der Waals surface area contributed by atoms with Crippen molar-refractivity contribution in [2.45, 2.75) is 94.3 Å². The zero-order valence-electron chi connectivity index (χ0n) is 16.6. The fourth-order valence-electron chi connectivity index (χ4n) is 5.74. The lowest BCUT2D eigenvalue weighted by molar-refractivity contribution is -0.126. The molecule has 3 aliphatic heterocycles. The van der Waals surface area contributed by atoms with Crippen LogP contribution in [0.1, 0.15) is 58.8 Å². The van der Waals surface area contributed by atoms with Gasteiger partial charge in [-0.15, -0.1) is 0 Å². The van der Waals surface area contributed by atoms with Crippen LogP contribution in [0.4, 0.5) is 0 Å². The summed E-state index contributed by atoms with van der Waals surface area (Å²) in [6.07, 6.45) is 8.37. The van der Waals surface area contributed by atoms with Gasteiger partial charge in [0.25, 0.3) is 0 Å². The van der Waals surface area contributed by atoms with Crippen LogP contribution in [0, 0.1) is 5.92 Å². The number of hydrogen-bond acceptors (Lipinski definition) is 5. The van der Waals surface area contributed by atoms with Crippen LogP contribution in [0.25, 0.3) is 0 Å². The van der Waals surface area contributed by atoms with E-state index in [9.17, 15) is 4.79 Å². The average molecular weight is 381 g/mol. The van der Waals surface area contributed by atoms with Crippen molar-refractivity contribution in [3.05, 3.63) is 0 Å². The highest BCUT2D eigenvalue weighted by atomic mass is 32.2. The van der Waals surface area contributed by atoms with Gasteiger partial charge in [0.1, 0.15) is 0 Å². The number of likely N-dealkylation sites (tertiary alicyclic amines) is 1. The van der Waals surface area contributed by atoms with Crippen molar-refractivity contribution < 1.29 is 4.79 Å². The largest absolute Gasteiger partial charge is 0.352 e. The molecule has 2 N–H and O–H groups in total. The molecule has 6 heteroatoms. The van der Waals surface area contributed by atoms with Gasteiger partial charge in [-0.3, -0.25) is 15.1 Å². The fraction of sp³-hybridized carbons (Fsp3) is 0.950. The van der Waals surface area contributed by atoms with Crippen LogP contribution in [-0.2, 0) is 4.79 Å². The minimum Gasteiger partial charge on any atom is -0.352 e. The van der Waals surface area contributed by atoms with Crippen LogP contribution in [0.5, 0.6) is 0 Å². The molecular formula is C20H36N4OS. The molecule has 7 atom stereocenters. The first kappa shape index (κ1) is 19.0. The molecule has 5 nitrogen and oxygen atoms in total. The third-order valence-corrected chi connectivity index (χ3v) is 8.55. The fourth-order valence-corrected chi connectivity index (χ4v) is 7.28. The summed E-state index contributed by atoms with van der Waals surface area (Å²) in [4.78, 5) is 15.3.